The number of rotatable bonds is 4. The summed E-state index contributed by atoms with van der Waals surface area (Å²) < 4.78 is 5.37. The lowest BCUT2D eigenvalue weighted by atomic mass is 10.0. The molecule has 4 nitrogen and oxygen atoms in total. The van der Waals surface area contributed by atoms with E-state index in [1.165, 1.54) is 0 Å². The molecule has 0 aliphatic carbocycles. The van der Waals surface area contributed by atoms with Gasteiger partial charge in [-0.25, -0.2) is 9.97 Å². The SMILES string of the molecule is COc1c(C)cc(-c2ccnc(CCC#N)n2)cc1C. The van der Waals surface area contributed by atoms with Gasteiger partial charge in [0.25, 0.3) is 0 Å². The minimum atomic E-state index is 0.435. The van der Waals surface area contributed by atoms with Gasteiger partial charge in [-0.3, -0.25) is 0 Å². The van der Waals surface area contributed by atoms with Crippen LogP contribution >= 0.6 is 0 Å². The second kappa shape index (κ2) is 6.16. The number of hydrogen-bond donors (Lipinski definition) is 0. The lowest BCUT2D eigenvalue weighted by Gasteiger charge is -2.11. The number of aryl methyl sites for hydroxylation is 3. The van der Waals surface area contributed by atoms with Crippen LogP contribution < -0.4 is 4.74 Å². The Morgan fingerprint density at radius 2 is 1.95 bits per heavy atom. The van der Waals surface area contributed by atoms with E-state index in [1.807, 2.05) is 19.9 Å². The van der Waals surface area contributed by atoms with Crippen molar-refractivity contribution in [2.45, 2.75) is 26.7 Å². The molecule has 0 saturated carbocycles. The first kappa shape index (κ1) is 14.0. The van der Waals surface area contributed by atoms with Gasteiger partial charge in [-0.2, -0.15) is 5.26 Å². The quantitative estimate of drug-likeness (QED) is 0.853. The predicted molar refractivity (Wildman–Crippen MR) is 77.4 cm³/mol. The van der Waals surface area contributed by atoms with E-state index in [2.05, 4.69) is 28.2 Å². The van der Waals surface area contributed by atoms with Crippen LogP contribution in [0.15, 0.2) is 24.4 Å². The van der Waals surface area contributed by atoms with Crippen LogP contribution in [0.5, 0.6) is 5.75 Å². The molecule has 20 heavy (non-hydrogen) atoms. The average Bonchev–Trinajstić information content (AvgIpc) is 2.45. The van der Waals surface area contributed by atoms with Crippen LogP contribution in [0.25, 0.3) is 11.3 Å². The first-order valence-corrected chi connectivity index (χ1v) is 6.50. The molecule has 0 fully saturated rings. The number of benzene rings is 1. The Morgan fingerprint density at radius 1 is 1.25 bits per heavy atom. The lowest BCUT2D eigenvalue weighted by molar-refractivity contribution is 0.408. The molecule has 0 aliphatic rings. The first-order valence-electron chi connectivity index (χ1n) is 6.50. The smallest absolute Gasteiger partial charge is 0.129 e. The summed E-state index contributed by atoms with van der Waals surface area (Å²) in [5, 5.41) is 8.62. The summed E-state index contributed by atoms with van der Waals surface area (Å²) in [5.41, 5.74) is 4.09. The van der Waals surface area contributed by atoms with Crippen molar-refractivity contribution in [2.75, 3.05) is 7.11 Å². The molecule has 0 radical (unpaired) electrons. The Hall–Kier alpha value is -2.41. The van der Waals surface area contributed by atoms with E-state index in [1.54, 1.807) is 13.3 Å². The zero-order valence-corrected chi connectivity index (χ0v) is 12.0. The predicted octanol–water partition coefficient (Wildman–Crippen LogP) is 3.23. The number of methoxy groups -OCH3 is 1. The monoisotopic (exact) mass is 267 g/mol. The molecule has 0 atom stereocenters. The highest BCUT2D eigenvalue weighted by Gasteiger charge is 2.08. The molecule has 0 amide bonds. The number of nitrogens with zero attached hydrogens (tertiary/aromatic N) is 3. The summed E-state index contributed by atoms with van der Waals surface area (Å²) >= 11 is 0. The Bertz CT molecular complexity index is 636. The molecule has 0 aliphatic heterocycles. The van der Waals surface area contributed by atoms with Crippen molar-refractivity contribution in [2.24, 2.45) is 0 Å². The third kappa shape index (κ3) is 2.94. The van der Waals surface area contributed by atoms with Gasteiger partial charge in [-0.15, -0.1) is 0 Å². The highest BCUT2D eigenvalue weighted by atomic mass is 16.5. The fourth-order valence-electron chi connectivity index (χ4n) is 2.27. The van der Waals surface area contributed by atoms with Crippen molar-refractivity contribution in [3.63, 3.8) is 0 Å². The molecule has 1 aromatic heterocycles. The zero-order valence-electron chi connectivity index (χ0n) is 12.0. The van der Waals surface area contributed by atoms with Crippen molar-refractivity contribution in [3.05, 3.63) is 41.3 Å². The summed E-state index contributed by atoms with van der Waals surface area (Å²) in [6, 6.07) is 8.11. The molecule has 0 bridgehead atoms. The molecular weight excluding hydrogens is 250 g/mol. The summed E-state index contributed by atoms with van der Waals surface area (Å²) in [7, 11) is 1.68. The summed E-state index contributed by atoms with van der Waals surface area (Å²) in [6.45, 7) is 4.04. The van der Waals surface area contributed by atoms with E-state index in [4.69, 9.17) is 10.00 Å². The maximum absolute atomic E-state index is 8.62. The number of aromatic nitrogens is 2. The molecule has 4 heteroatoms. The highest BCUT2D eigenvalue weighted by molar-refractivity contribution is 5.63. The number of nitriles is 1. The van der Waals surface area contributed by atoms with Crippen molar-refractivity contribution in [1.82, 2.24) is 9.97 Å². The minimum Gasteiger partial charge on any atom is -0.496 e. The fraction of sp³-hybridized carbons (Fsp3) is 0.312. The van der Waals surface area contributed by atoms with Crippen molar-refractivity contribution in [1.29, 1.82) is 5.26 Å². The van der Waals surface area contributed by atoms with Crippen LogP contribution in [0.3, 0.4) is 0 Å². The van der Waals surface area contributed by atoms with Crippen LogP contribution in [-0.4, -0.2) is 17.1 Å². The van der Waals surface area contributed by atoms with Crippen LogP contribution in [-0.2, 0) is 6.42 Å². The highest BCUT2D eigenvalue weighted by Crippen LogP contribution is 2.28. The van der Waals surface area contributed by atoms with E-state index in [0.29, 0.717) is 18.7 Å². The standard InChI is InChI=1S/C16H17N3O/c1-11-9-13(10-12(2)16(11)20-3)14-6-8-18-15(19-14)5-4-7-17/h6,8-10H,4-5H2,1-3H3. The first-order chi connectivity index (χ1) is 9.65. The molecule has 2 rings (SSSR count). The Morgan fingerprint density at radius 3 is 2.55 bits per heavy atom. The van der Waals surface area contributed by atoms with Crippen LogP contribution in [0.4, 0.5) is 0 Å². The minimum absolute atomic E-state index is 0.435. The number of ether oxygens (including phenoxy) is 1. The summed E-state index contributed by atoms with van der Waals surface area (Å²) in [4.78, 5) is 8.71. The van der Waals surface area contributed by atoms with E-state index < -0.39 is 0 Å². The van der Waals surface area contributed by atoms with Crippen LogP contribution in [0, 0.1) is 25.2 Å². The molecule has 1 aromatic carbocycles. The van der Waals surface area contributed by atoms with E-state index >= 15 is 0 Å². The van der Waals surface area contributed by atoms with Gasteiger partial charge in [0.2, 0.25) is 0 Å². The van der Waals surface area contributed by atoms with Gasteiger partial charge >= 0.3 is 0 Å². The summed E-state index contributed by atoms with van der Waals surface area (Å²) in [6.07, 6.45) is 2.76. The van der Waals surface area contributed by atoms with Gasteiger partial charge in [0, 0.05) is 24.6 Å². The van der Waals surface area contributed by atoms with Gasteiger partial charge < -0.3 is 4.74 Å². The molecule has 0 N–H and O–H groups in total. The summed E-state index contributed by atoms with van der Waals surface area (Å²) in [5.74, 6) is 1.61. The molecule has 1 heterocycles. The molecule has 0 unspecified atom stereocenters. The van der Waals surface area contributed by atoms with Crippen molar-refractivity contribution in [3.8, 4) is 23.1 Å². The normalized spacial score (nSPS) is 10.1. The number of hydrogen-bond acceptors (Lipinski definition) is 4. The fourth-order valence-corrected chi connectivity index (χ4v) is 2.27. The molecule has 2 aromatic rings. The van der Waals surface area contributed by atoms with E-state index in [9.17, 15) is 0 Å². The van der Waals surface area contributed by atoms with Crippen molar-refractivity contribution < 1.29 is 4.74 Å². The Kier molecular flexibility index (Phi) is 4.31. The Labute approximate surface area is 119 Å². The maximum atomic E-state index is 8.62. The Balaban J connectivity index is 2.39. The van der Waals surface area contributed by atoms with Gasteiger partial charge in [-0.05, 0) is 43.2 Å². The van der Waals surface area contributed by atoms with E-state index in [0.717, 1.165) is 28.1 Å². The zero-order chi connectivity index (χ0) is 14.5. The van der Waals surface area contributed by atoms with Gasteiger partial charge in [0.05, 0.1) is 18.9 Å². The van der Waals surface area contributed by atoms with Crippen LogP contribution in [0.1, 0.15) is 23.4 Å². The molecule has 0 saturated heterocycles. The average molecular weight is 267 g/mol. The van der Waals surface area contributed by atoms with Gasteiger partial charge in [-0.1, -0.05) is 0 Å². The lowest BCUT2D eigenvalue weighted by Crippen LogP contribution is -1.97. The van der Waals surface area contributed by atoms with E-state index in [-0.39, 0.29) is 0 Å². The topological polar surface area (TPSA) is 58.8 Å². The largest absolute Gasteiger partial charge is 0.496 e. The second-order valence-corrected chi connectivity index (χ2v) is 4.66. The van der Waals surface area contributed by atoms with Crippen molar-refractivity contribution >= 4 is 0 Å². The second-order valence-electron chi connectivity index (χ2n) is 4.66. The molecular formula is C16H17N3O. The van der Waals surface area contributed by atoms with Gasteiger partial charge in [0.15, 0.2) is 0 Å². The third-order valence-corrected chi connectivity index (χ3v) is 3.13. The third-order valence-electron chi connectivity index (χ3n) is 3.13. The molecule has 102 valence electrons. The maximum Gasteiger partial charge on any atom is 0.129 e. The van der Waals surface area contributed by atoms with Crippen LogP contribution in [0.2, 0.25) is 0 Å². The molecule has 0 spiro atoms. The van der Waals surface area contributed by atoms with Gasteiger partial charge in [0.1, 0.15) is 11.6 Å².